The highest BCUT2D eigenvalue weighted by atomic mass is 16.5. The van der Waals surface area contributed by atoms with Gasteiger partial charge in [-0.3, -0.25) is 4.98 Å². The Morgan fingerprint density at radius 3 is 2.76 bits per heavy atom. The van der Waals surface area contributed by atoms with Gasteiger partial charge in [-0.2, -0.15) is 0 Å². The maximum absolute atomic E-state index is 9.99. The van der Waals surface area contributed by atoms with Crippen LogP contribution in [-0.2, 0) is 11.2 Å². The lowest BCUT2D eigenvalue weighted by Gasteiger charge is -2.23. The minimum Gasteiger partial charge on any atom is -0.389 e. The van der Waals surface area contributed by atoms with Gasteiger partial charge in [-0.1, -0.05) is 0 Å². The Bertz CT molecular complexity index is 302. The van der Waals surface area contributed by atoms with Crippen molar-refractivity contribution >= 4 is 0 Å². The molecule has 0 aromatic carbocycles. The van der Waals surface area contributed by atoms with Crippen molar-refractivity contribution in [3.63, 3.8) is 0 Å². The van der Waals surface area contributed by atoms with E-state index in [0.717, 1.165) is 13.0 Å². The Labute approximate surface area is 103 Å². The first-order valence-corrected chi connectivity index (χ1v) is 5.95. The molecule has 1 aromatic rings. The second-order valence-electron chi connectivity index (χ2n) is 4.52. The zero-order valence-corrected chi connectivity index (χ0v) is 10.6. The predicted octanol–water partition coefficient (Wildman–Crippen LogP) is 1.00. The largest absolute Gasteiger partial charge is 0.389 e. The standard InChI is InChI=1S/C13H22N2O2/c1-13(16,6-10-17-2)11-15-9-5-12-3-7-14-8-4-12/h3-4,7-8,15-16H,5-6,9-11H2,1-2H3. The zero-order chi connectivity index (χ0) is 12.6. The Hall–Kier alpha value is -0.970. The van der Waals surface area contributed by atoms with Crippen molar-refractivity contribution in [2.75, 3.05) is 26.8 Å². The first-order chi connectivity index (χ1) is 8.14. The molecule has 0 bridgehead atoms. The summed E-state index contributed by atoms with van der Waals surface area (Å²) < 4.78 is 4.96. The van der Waals surface area contributed by atoms with Crippen LogP contribution in [0.4, 0.5) is 0 Å². The van der Waals surface area contributed by atoms with Crippen LogP contribution in [0.15, 0.2) is 24.5 Å². The van der Waals surface area contributed by atoms with E-state index in [1.807, 2.05) is 19.1 Å². The smallest absolute Gasteiger partial charge is 0.0765 e. The average Bonchev–Trinajstić information content (AvgIpc) is 2.34. The quantitative estimate of drug-likeness (QED) is 0.663. The Morgan fingerprint density at radius 2 is 2.12 bits per heavy atom. The van der Waals surface area contributed by atoms with Gasteiger partial charge in [0.15, 0.2) is 0 Å². The molecule has 17 heavy (non-hydrogen) atoms. The van der Waals surface area contributed by atoms with Crippen LogP contribution in [-0.4, -0.2) is 42.5 Å². The molecular formula is C13H22N2O2. The van der Waals surface area contributed by atoms with Crippen molar-refractivity contribution in [2.24, 2.45) is 0 Å². The number of pyridine rings is 1. The van der Waals surface area contributed by atoms with Crippen molar-refractivity contribution in [1.29, 1.82) is 0 Å². The highest BCUT2D eigenvalue weighted by Gasteiger charge is 2.18. The minimum atomic E-state index is -0.700. The van der Waals surface area contributed by atoms with Gasteiger partial charge >= 0.3 is 0 Å². The third-order valence-corrected chi connectivity index (χ3v) is 2.69. The molecule has 0 saturated carbocycles. The molecule has 0 amide bonds. The molecule has 0 aliphatic heterocycles. The second kappa shape index (κ2) is 7.37. The van der Waals surface area contributed by atoms with E-state index < -0.39 is 5.60 Å². The highest BCUT2D eigenvalue weighted by Crippen LogP contribution is 2.07. The Balaban J connectivity index is 2.15. The third kappa shape index (κ3) is 6.36. The fourth-order valence-corrected chi connectivity index (χ4v) is 1.55. The minimum absolute atomic E-state index is 0.582. The van der Waals surface area contributed by atoms with E-state index >= 15 is 0 Å². The zero-order valence-electron chi connectivity index (χ0n) is 10.6. The van der Waals surface area contributed by atoms with Crippen molar-refractivity contribution in [3.8, 4) is 0 Å². The van der Waals surface area contributed by atoms with E-state index in [1.54, 1.807) is 19.5 Å². The predicted molar refractivity (Wildman–Crippen MR) is 67.9 cm³/mol. The van der Waals surface area contributed by atoms with Crippen molar-refractivity contribution in [2.45, 2.75) is 25.4 Å². The third-order valence-electron chi connectivity index (χ3n) is 2.69. The number of hydrogen-bond donors (Lipinski definition) is 2. The SMILES string of the molecule is COCCC(C)(O)CNCCc1ccncc1. The van der Waals surface area contributed by atoms with Gasteiger partial charge in [-0.05, 0) is 37.6 Å². The van der Waals surface area contributed by atoms with Gasteiger partial charge in [0.05, 0.1) is 5.60 Å². The molecule has 4 heteroatoms. The first-order valence-electron chi connectivity index (χ1n) is 5.95. The average molecular weight is 238 g/mol. The molecule has 0 fully saturated rings. The van der Waals surface area contributed by atoms with Crippen LogP contribution in [0.2, 0.25) is 0 Å². The summed E-state index contributed by atoms with van der Waals surface area (Å²) in [5, 5.41) is 13.2. The van der Waals surface area contributed by atoms with Crippen LogP contribution in [0.3, 0.4) is 0 Å². The van der Waals surface area contributed by atoms with Crippen LogP contribution in [0.25, 0.3) is 0 Å². The monoisotopic (exact) mass is 238 g/mol. The molecule has 4 nitrogen and oxygen atoms in total. The molecule has 1 atom stereocenters. The van der Waals surface area contributed by atoms with Gasteiger partial charge < -0.3 is 15.2 Å². The molecular weight excluding hydrogens is 216 g/mol. The normalized spacial score (nSPS) is 14.5. The van der Waals surface area contributed by atoms with E-state index in [0.29, 0.717) is 19.6 Å². The van der Waals surface area contributed by atoms with Crippen LogP contribution in [0, 0.1) is 0 Å². The first kappa shape index (κ1) is 14.1. The summed E-state index contributed by atoms with van der Waals surface area (Å²) in [4.78, 5) is 3.97. The number of nitrogens with zero attached hydrogens (tertiary/aromatic N) is 1. The maximum Gasteiger partial charge on any atom is 0.0765 e. The summed E-state index contributed by atoms with van der Waals surface area (Å²) in [7, 11) is 1.65. The fourth-order valence-electron chi connectivity index (χ4n) is 1.55. The number of methoxy groups -OCH3 is 1. The number of aromatic nitrogens is 1. The molecule has 2 N–H and O–H groups in total. The van der Waals surface area contributed by atoms with E-state index in [-0.39, 0.29) is 0 Å². The van der Waals surface area contributed by atoms with E-state index in [2.05, 4.69) is 10.3 Å². The van der Waals surface area contributed by atoms with Crippen LogP contribution in [0.5, 0.6) is 0 Å². The lowest BCUT2D eigenvalue weighted by atomic mass is 10.0. The maximum atomic E-state index is 9.99. The van der Waals surface area contributed by atoms with Crippen LogP contribution >= 0.6 is 0 Å². The molecule has 1 unspecified atom stereocenters. The molecule has 0 radical (unpaired) electrons. The molecule has 1 rings (SSSR count). The number of hydrogen-bond acceptors (Lipinski definition) is 4. The Kier molecular flexibility index (Phi) is 6.11. The summed E-state index contributed by atoms with van der Waals surface area (Å²) in [6.07, 6.45) is 5.18. The lowest BCUT2D eigenvalue weighted by molar-refractivity contribution is 0.0252. The number of ether oxygens (including phenoxy) is 1. The van der Waals surface area contributed by atoms with Gasteiger partial charge in [0.1, 0.15) is 0 Å². The van der Waals surface area contributed by atoms with Crippen LogP contribution in [0.1, 0.15) is 18.9 Å². The molecule has 0 saturated heterocycles. The van der Waals surface area contributed by atoms with E-state index in [1.165, 1.54) is 5.56 Å². The van der Waals surface area contributed by atoms with Crippen molar-refractivity contribution in [3.05, 3.63) is 30.1 Å². The van der Waals surface area contributed by atoms with Gasteiger partial charge in [0.25, 0.3) is 0 Å². The van der Waals surface area contributed by atoms with Gasteiger partial charge in [0, 0.05) is 39.1 Å². The van der Waals surface area contributed by atoms with Gasteiger partial charge in [-0.15, -0.1) is 0 Å². The topological polar surface area (TPSA) is 54.4 Å². The molecule has 1 aromatic heterocycles. The number of aliphatic hydroxyl groups is 1. The summed E-state index contributed by atoms with van der Waals surface area (Å²) in [6.45, 7) is 3.85. The van der Waals surface area contributed by atoms with Gasteiger partial charge in [-0.25, -0.2) is 0 Å². The number of rotatable bonds is 8. The molecule has 1 heterocycles. The molecule has 0 spiro atoms. The summed E-state index contributed by atoms with van der Waals surface area (Å²) in [5.74, 6) is 0. The summed E-state index contributed by atoms with van der Waals surface area (Å²) in [6, 6.07) is 4.01. The van der Waals surface area contributed by atoms with E-state index in [4.69, 9.17) is 4.74 Å². The molecule has 96 valence electrons. The van der Waals surface area contributed by atoms with Crippen molar-refractivity contribution in [1.82, 2.24) is 10.3 Å². The van der Waals surface area contributed by atoms with Crippen LogP contribution < -0.4 is 5.32 Å². The molecule has 0 aliphatic carbocycles. The fraction of sp³-hybridized carbons (Fsp3) is 0.615. The second-order valence-corrected chi connectivity index (χ2v) is 4.52. The Morgan fingerprint density at radius 1 is 1.41 bits per heavy atom. The summed E-state index contributed by atoms with van der Waals surface area (Å²) >= 11 is 0. The molecule has 0 aliphatic rings. The lowest BCUT2D eigenvalue weighted by Crippen LogP contribution is -2.39. The number of nitrogens with one attached hydrogen (secondary N) is 1. The van der Waals surface area contributed by atoms with Gasteiger partial charge in [0.2, 0.25) is 0 Å². The summed E-state index contributed by atoms with van der Waals surface area (Å²) in [5.41, 5.74) is 0.554. The highest BCUT2D eigenvalue weighted by molar-refractivity contribution is 5.09. The van der Waals surface area contributed by atoms with Crippen molar-refractivity contribution < 1.29 is 9.84 Å². The van der Waals surface area contributed by atoms with E-state index in [9.17, 15) is 5.11 Å².